The van der Waals surface area contributed by atoms with Crippen LogP contribution in [0.25, 0.3) is 0 Å². The lowest BCUT2D eigenvalue weighted by Crippen LogP contribution is -2.42. The second-order valence-corrected chi connectivity index (χ2v) is 4.88. The van der Waals surface area contributed by atoms with Crippen LogP contribution in [0.1, 0.15) is 39.5 Å². The maximum atomic E-state index is 11.2. The van der Waals surface area contributed by atoms with Gasteiger partial charge in [-0.1, -0.05) is 25.0 Å². The van der Waals surface area contributed by atoms with Gasteiger partial charge in [0.15, 0.2) is 0 Å². The molecule has 1 aromatic carbocycles. The topological polar surface area (TPSA) is 41.5 Å². The molecule has 1 aromatic rings. The fourth-order valence-electron chi connectivity index (χ4n) is 2.83. The minimum absolute atomic E-state index is 0.161. The summed E-state index contributed by atoms with van der Waals surface area (Å²) >= 11 is 0. The zero-order valence-corrected chi connectivity index (χ0v) is 10.3. The normalized spacial score (nSPS) is 34.4. The van der Waals surface area contributed by atoms with Crippen LogP contribution in [0.5, 0.6) is 5.75 Å². The highest BCUT2D eigenvalue weighted by molar-refractivity contribution is 5.33. The van der Waals surface area contributed by atoms with Crippen LogP contribution in [-0.4, -0.2) is 25.7 Å². The minimum Gasteiger partial charge on any atom is -0.497 e. The van der Waals surface area contributed by atoms with Gasteiger partial charge in [-0.25, -0.2) is 0 Å². The number of hydrogen-bond acceptors (Lipinski definition) is 3. The molecule has 0 saturated heterocycles. The van der Waals surface area contributed by atoms with E-state index in [-0.39, 0.29) is 18.2 Å². The predicted octanol–water partition coefficient (Wildman–Crippen LogP) is 2.29. The van der Waals surface area contributed by atoms with Gasteiger partial charge in [-0.15, -0.1) is 0 Å². The number of aliphatic hydroxyl groups is 1. The Morgan fingerprint density at radius 3 is 3.33 bits per heavy atom. The molecule has 0 spiro atoms. The van der Waals surface area contributed by atoms with Gasteiger partial charge in [-0.2, -0.15) is 0 Å². The highest BCUT2D eigenvalue weighted by Crippen LogP contribution is 2.42. The summed E-state index contributed by atoms with van der Waals surface area (Å²) in [6, 6.07) is 6.41. The van der Waals surface area contributed by atoms with Crippen molar-refractivity contribution >= 4 is 0 Å². The van der Waals surface area contributed by atoms with E-state index in [0.717, 1.165) is 12.8 Å². The van der Waals surface area contributed by atoms with E-state index in [1.165, 1.54) is 12.1 Å². The Hall–Kier alpha value is -1.06. The number of nitrogens with one attached hydrogen (secondary N) is 1. The Balaban J connectivity index is 2.23. The molecule has 0 radical (unpaired) electrons. The predicted molar refractivity (Wildman–Crippen MR) is 72.8 cm³/mol. The van der Waals surface area contributed by atoms with E-state index < -0.39 is 19.6 Å². The number of benzene rings is 1. The average Bonchev–Trinajstić information content (AvgIpc) is 2.44. The fraction of sp³-hybridized carbons (Fsp3) is 0.600. The molecule has 0 unspecified atom stereocenters. The van der Waals surface area contributed by atoms with Crippen LogP contribution in [0.15, 0.2) is 24.3 Å². The summed E-state index contributed by atoms with van der Waals surface area (Å²) in [6.45, 7) is -2.10. The Kier molecular flexibility index (Phi) is 2.39. The summed E-state index contributed by atoms with van der Waals surface area (Å²) in [5.74, 6) is -0.108. The van der Waals surface area contributed by atoms with Gasteiger partial charge in [-0.3, -0.25) is 0 Å². The van der Waals surface area contributed by atoms with Gasteiger partial charge in [0.25, 0.3) is 0 Å². The molecule has 2 N–H and O–H groups in total. The molecule has 1 aliphatic rings. The molecule has 0 aromatic heterocycles. The van der Waals surface area contributed by atoms with Crippen LogP contribution in [-0.2, 0) is 5.60 Å². The van der Waals surface area contributed by atoms with E-state index in [2.05, 4.69) is 5.32 Å². The number of hydrogen-bond donors (Lipinski definition) is 2. The fourth-order valence-corrected chi connectivity index (χ4v) is 2.83. The summed E-state index contributed by atoms with van der Waals surface area (Å²) in [5.41, 5.74) is -0.647. The van der Waals surface area contributed by atoms with Crippen molar-refractivity contribution < 1.29 is 18.1 Å². The van der Waals surface area contributed by atoms with Gasteiger partial charge in [-0.05, 0) is 37.5 Å². The van der Waals surface area contributed by atoms with Crippen LogP contribution < -0.4 is 10.1 Å². The average molecular weight is 255 g/mol. The van der Waals surface area contributed by atoms with E-state index in [0.29, 0.717) is 18.4 Å². The first kappa shape index (κ1) is 7.51. The van der Waals surface area contributed by atoms with Crippen molar-refractivity contribution in [3.8, 4) is 5.75 Å². The van der Waals surface area contributed by atoms with Crippen molar-refractivity contribution in [3.05, 3.63) is 29.8 Å². The van der Waals surface area contributed by atoms with E-state index in [1.807, 2.05) is 0 Å². The molecule has 3 heteroatoms. The molecule has 0 amide bonds. The van der Waals surface area contributed by atoms with Gasteiger partial charge >= 0.3 is 0 Å². The highest BCUT2D eigenvalue weighted by atomic mass is 16.5. The first-order chi connectivity index (χ1) is 11.0. The summed E-state index contributed by atoms with van der Waals surface area (Å²) in [6.07, 6.45) is 2.94. The molecule has 0 bridgehead atoms. The van der Waals surface area contributed by atoms with Crippen LogP contribution in [0, 0.1) is 5.92 Å². The van der Waals surface area contributed by atoms with Crippen molar-refractivity contribution in [2.24, 2.45) is 5.92 Å². The second-order valence-electron chi connectivity index (χ2n) is 4.88. The maximum Gasteiger partial charge on any atom is 0.119 e. The van der Waals surface area contributed by atoms with E-state index >= 15 is 0 Å². The van der Waals surface area contributed by atoms with Gasteiger partial charge in [0.05, 0.1) is 16.8 Å². The van der Waals surface area contributed by atoms with Crippen LogP contribution in [0.4, 0.5) is 0 Å². The van der Waals surface area contributed by atoms with Crippen molar-refractivity contribution in [3.63, 3.8) is 0 Å². The van der Waals surface area contributed by atoms with Gasteiger partial charge in [0, 0.05) is 16.6 Å². The Morgan fingerprint density at radius 1 is 1.56 bits per heavy atom. The molecule has 0 aliphatic heterocycles. The van der Waals surface area contributed by atoms with Crippen LogP contribution >= 0.6 is 0 Å². The largest absolute Gasteiger partial charge is 0.497 e. The van der Waals surface area contributed by atoms with Crippen molar-refractivity contribution in [1.29, 1.82) is 0 Å². The van der Waals surface area contributed by atoms with E-state index in [4.69, 9.17) is 13.0 Å². The Labute approximate surface area is 118 Å². The standard InChI is InChI=1S/C15H23NO2/c1-16-11-13-6-3-4-9-15(13,17)12-7-5-8-14(10-12)18-2/h5,7-8,10,13,16-17H,3-4,6,9,11H2,1-2H3/t13-,15+/m1/s1/i1D3,2D3. The molecule has 1 aliphatic carbocycles. The summed E-state index contributed by atoms with van der Waals surface area (Å²) in [5, 5.41) is 13.7. The second kappa shape index (κ2) is 5.72. The molecular weight excluding hydrogens is 226 g/mol. The zero-order chi connectivity index (χ0) is 18.0. The monoisotopic (exact) mass is 255 g/mol. The van der Waals surface area contributed by atoms with Gasteiger partial charge in [0.1, 0.15) is 5.75 Å². The van der Waals surface area contributed by atoms with Crippen molar-refractivity contribution in [2.75, 3.05) is 20.6 Å². The lowest BCUT2D eigenvalue weighted by atomic mass is 9.71. The summed E-state index contributed by atoms with van der Waals surface area (Å²) in [7, 11) is -2.56. The molecule has 1 fully saturated rings. The number of ether oxygens (including phenoxy) is 1. The van der Waals surface area contributed by atoms with Crippen LogP contribution in [0.3, 0.4) is 0 Å². The summed E-state index contributed by atoms with van der Waals surface area (Å²) in [4.78, 5) is 0. The quantitative estimate of drug-likeness (QED) is 0.867. The maximum absolute atomic E-state index is 11.2. The third-order valence-corrected chi connectivity index (χ3v) is 3.84. The molecule has 3 nitrogen and oxygen atoms in total. The van der Waals surface area contributed by atoms with E-state index in [1.54, 1.807) is 12.1 Å². The lowest BCUT2D eigenvalue weighted by molar-refractivity contribution is -0.0531. The third kappa shape index (κ3) is 2.52. The van der Waals surface area contributed by atoms with Crippen molar-refractivity contribution in [2.45, 2.75) is 31.3 Å². The molecule has 2 atom stereocenters. The highest BCUT2D eigenvalue weighted by Gasteiger charge is 2.39. The zero-order valence-electron chi connectivity index (χ0n) is 16.3. The van der Waals surface area contributed by atoms with Gasteiger partial charge in [0.2, 0.25) is 0 Å². The van der Waals surface area contributed by atoms with Crippen LogP contribution in [0.2, 0.25) is 0 Å². The van der Waals surface area contributed by atoms with E-state index in [9.17, 15) is 5.11 Å². The minimum atomic E-state index is -2.56. The molecule has 2 rings (SSSR count). The first-order valence-corrected chi connectivity index (χ1v) is 6.27. The smallest absolute Gasteiger partial charge is 0.119 e. The lowest BCUT2D eigenvalue weighted by Gasteiger charge is -2.40. The van der Waals surface area contributed by atoms with Crippen molar-refractivity contribution in [1.82, 2.24) is 5.32 Å². The molecular formula is C15H23NO2. The summed E-state index contributed by atoms with van der Waals surface area (Å²) < 4.78 is 48.3. The molecule has 100 valence electrons. The first-order valence-electron chi connectivity index (χ1n) is 9.27. The molecule has 1 saturated carbocycles. The number of methoxy groups -OCH3 is 1. The molecule has 18 heavy (non-hydrogen) atoms. The Bertz CT molecular complexity index is 560. The molecule has 0 heterocycles. The SMILES string of the molecule is [2H]C([2H])([2H])NC[C@H]1CCCC[C@]1(O)c1cccc(OC([2H])([2H])[2H])c1. The Morgan fingerprint density at radius 2 is 2.50 bits per heavy atom. The number of rotatable bonds is 4. The third-order valence-electron chi connectivity index (χ3n) is 3.84. The van der Waals surface area contributed by atoms with Gasteiger partial charge < -0.3 is 15.2 Å².